The third-order valence-electron chi connectivity index (χ3n) is 4.15. The van der Waals surface area contributed by atoms with E-state index in [0.29, 0.717) is 18.1 Å². The maximum absolute atomic E-state index is 12.4. The van der Waals surface area contributed by atoms with Crippen molar-refractivity contribution in [2.75, 3.05) is 31.5 Å². The van der Waals surface area contributed by atoms with Gasteiger partial charge in [-0.3, -0.25) is 4.90 Å². The molecule has 3 rings (SSSR count). The molecule has 2 amide bonds. The molecular weight excluding hydrogens is 328 g/mol. The van der Waals surface area contributed by atoms with Gasteiger partial charge in [0.15, 0.2) is 0 Å². The highest BCUT2D eigenvalue weighted by Crippen LogP contribution is 2.20. The second-order valence-corrected chi connectivity index (χ2v) is 6.52. The van der Waals surface area contributed by atoms with E-state index in [9.17, 15) is 4.79 Å². The van der Waals surface area contributed by atoms with Crippen LogP contribution in [0.5, 0.6) is 0 Å². The first kappa shape index (κ1) is 16.8. The van der Waals surface area contributed by atoms with Gasteiger partial charge in [-0.2, -0.15) is 0 Å². The van der Waals surface area contributed by atoms with Crippen LogP contribution < -0.4 is 5.32 Å². The van der Waals surface area contributed by atoms with Crippen LogP contribution in [0.3, 0.4) is 0 Å². The summed E-state index contributed by atoms with van der Waals surface area (Å²) in [5.74, 6) is 0.821. The van der Waals surface area contributed by atoms with E-state index in [0.717, 1.165) is 42.3 Å². The van der Waals surface area contributed by atoms with E-state index >= 15 is 0 Å². The van der Waals surface area contributed by atoms with Gasteiger partial charge in [0, 0.05) is 49.5 Å². The lowest BCUT2D eigenvalue weighted by Crippen LogP contribution is -2.49. The second-order valence-electron chi connectivity index (χ2n) is 6.08. The molecule has 2 heterocycles. The molecule has 1 aromatic heterocycles. The van der Waals surface area contributed by atoms with Crippen molar-refractivity contribution in [1.29, 1.82) is 0 Å². The minimum Gasteiger partial charge on any atom is -0.361 e. The van der Waals surface area contributed by atoms with E-state index in [1.54, 1.807) is 6.07 Å². The Morgan fingerprint density at radius 2 is 2.00 bits per heavy atom. The maximum atomic E-state index is 12.4. The molecule has 0 saturated carbocycles. The zero-order chi connectivity index (χ0) is 17.1. The Hall–Kier alpha value is -2.05. The zero-order valence-corrected chi connectivity index (χ0v) is 14.6. The van der Waals surface area contributed by atoms with Gasteiger partial charge in [-0.15, -0.1) is 0 Å². The topological polar surface area (TPSA) is 61.6 Å². The molecule has 1 aliphatic heterocycles. The third kappa shape index (κ3) is 4.07. The Labute approximate surface area is 146 Å². The fourth-order valence-corrected chi connectivity index (χ4v) is 3.02. The van der Waals surface area contributed by atoms with E-state index in [1.807, 2.05) is 36.9 Å². The highest BCUT2D eigenvalue weighted by atomic mass is 35.5. The molecule has 0 unspecified atom stereocenters. The molecule has 1 fully saturated rings. The van der Waals surface area contributed by atoms with E-state index in [2.05, 4.69) is 15.4 Å². The standard InChI is InChI=1S/C17H21ClN4O2/c1-12-9-14(18)3-4-16(12)19-17(23)22-7-5-21(6-8-22)11-15-10-13(2)24-20-15/h3-4,9-10H,5-8,11H2,1-2H3,(H,19,23). The van der Waals surface area contributed by atoms with Gasteiger partial charge >= 0.3 is 6.03 Å². The number of aryl methyl sites for hydroxylation is 2. The fraction of sp³-hybridized carbons (Fsp3) is 0.412. The number of carbonyl (C=O) groups is 1. The minimum atomic E-state index is -0.0719. The van der Waals surface area contributed by atoms with Gasteiger partial charge in [-0.1, -0.05) is 16.8 Å². The first-order valence-corrected chi connectivity index (χ1v) is 8.36. The summed E-state index contributed by atoms with van der Waals surface area (Å²) < 4.78 is 5.09. The lowest BCUT2D eigenvalue weighted by atomic mass is 10.2. The van der Waals surface area contributed by atoms with Crippen LogP contribution in [-0.2, 0) is 6.54 Å². The van der Waals surface area contributed by atoms with Gasteiger partial charge in [0.1, 0.15) is 5.76 Å². The van der Waals surface area contributed by atoms with Crippen molar-refractivity contribution in [3.05, 3.63) is 46.3 Å². The molecule has 6 nitrogen and oxygen atoms in total. The van der Waals surface area contributed by atoms with Crippen molar-refractivity contribution >= 4 is 23.3 Å². The molecular formula is C17H21ClN4O2. The molecule has 2 aromatic rings. The summed E-state index contributed by atoms with van der Waals surface area (Å²) in [6, 6.07) is 7.33. The Morgan fingerprint density at radius 1 is 1.25 bits per heavy atom. The predicted octanol–water partition coefficient (Wildman–Crippen LogP) is 3.29. The van der Waals surface area contributed by atoms with Crippen molar-refractivity contribution in [3.8, 4) is 0 Å². The van der Waals surface area contributed by atoms with Crippen LogP contribution in [-0.4, -0.2) is 47.2 Å². The van der Waals surface area contributed by atoms with E-state index in [-0.39, 0.29) is 6.03 Å². The minimum absolute atomic E-state index is 0.0719. The molecule has 1 aromatic carbocycles. The van der Waals surface area contributed by atoms with E-state index < -0.39 is 0 Å². The normalized spacial score (nSPS) is 15.5. The molecule has 0 spiro atoms. The van der Waals surface area contributed by atoms with Crippen molar-refractivity contribution in [2.45, 2.75) is 20.4 Å². The number of amides is 2. The number of nitrogens with one attached hydrogen (secondary N) is 1. The number of carbonyl (C=O) groups excluding carboxylic acids is 1. The van der Waals surface area contributed by atoms with Crippen molar-refractivity contribution in [2.24, 2.45) is 0 Å². The van der Waals surface area contributed by atoms with Crippen molar-refractivity contribution < 1.29 is 9.32 Å². The summed E-state index contributed by atoms with van der Waals surface area (Å²) in [6.07, 6.45) is 0. The summed E-state index contributed by atoms with van der Waals surface area (Å²) >= 11 is 5.95. The summed E-state index contributed by atoms with van der Waals surface area (Å²) in [5.41, 5.74) is 2.68. The molecule has 128 valence electrons. The van der Waals surface area contributed by atoms with Crippen LogP contribution in [0.1, 0.15) is 17.0 Å². The number of anilines is 1. The van der Waals surface area contributed by atoms with Crippen LogP contribution in [0.25, 0.3) is 0 Å². The Bertz CT molecular complexity index is 723. The summed E-state index contributed by atoms with van der Waals surface area (Å²) in [7, 11) is 0. The predicted molar refractivity (Wildman–Crippen MR) is 93.3 cm³/mol. The molecule has 0 atom stereocenters. The van der Waals surface area contributed by atoms with Gasteiger partial charge in [0.05, 0.1) is 5.69 Å². The molecule has 1 saturated heterocycles. The number of hydrogen-bond donors (Lipinski definition) is 1. The number of rotatable bonds is 3. The summed E-state index contributed by atoms with van der Waals surface area (Å²) in [5, 5.41) is 7.64. The van der Waals surface area contributed by atoms with Crippen molar-refractivity contribution in [1.82, 2.24) is 15.0 Å². The Morgan fingerprint density at radius 3 is 2.62 bits per heavy atom. The van der Waals surface area contributed by atoms with Crippen LogP contribution in [0.4, 0.5) is 10.5 Å². The average molecular weight is 349 g/mol. The van der Waals surface area contributed by atoms with Gasteiger partial charge in [0.25, 0.3) is 0 Å². The number of urea groups is 1. The quantitative estimate of drug-likeness (QED) is 0.924. The second kappa shape index (κ2) is 7.23. The lowest BCUT2D eigenvalue weighted by molar-refractivity contribution is 0.141. The summed E-state index contributed by atoms with van der Waals surface area (Å²) in [4.78, 5) is 16.5. The van der Waals surface area contributed by atoms with E-state index in [1.165, 1.54) is 0 Å². The van der Waals surface area contributed by atoms with Gasteiger partial charge < -0.3 is 14.7 Å². The SMILES string of the molecule is Cc1cc(CN2CCN(C(=O)Nc3ccc(Cl)cc3C)CC2)no1. The Kier molecular flexibility index (Phi) is 5.06. The number of piperazine rings is 1. The maximum Gasteiger partial charge on any atom is 0.321 e. The third-order valence-corrected chi connectivity index (χ3v) is 4.39. The zero-order valence-electron chi connectivity index (χ0n) is 13.9. The van der Waals surface area contributed by atoms with Crippen LogP contribution in [0.2, 0.25) is 5.02 Å². The monoisotopic (exact) mass is 348 g/mol. The van der Waals surface area contributed by atoms with Crippen LogP contribution in [0, 0.1) is 13.8 Å². The Balaban J connectivity index is 1.51. The van der Waals surface area contributed by atoms with Crippen LogP contribution in [0.15, 0.2) is 28.8 Å². The van der Waals surface area contributed by atoms with Crippen molar-refractivity contribution in [3.63, 3.8) is 0 Å². The molecule has 0 bridgehead atoms. The fourth-order valence-electron chi connectivity index (χ4n) is 2.79. The van der Waals surface area contributed by atoms with Crippen LogP contribution >= 0.6 is 11.6 Å². The van der Waals surface area contributed by atoms with Gasteiger partial charge in [-0.05, 0) is 37.6 Å². The lowest BCUT2D eigenvalue weighted by Gasteiger charge is -2.34. The number of hydrogen-bond acceptors (Lipinski definition) is 4. The summed E-state index contributed by atoms with van der Waals surface area (Å²) in [6.45, 7) is 7.59. The molecule has 0 radical (unpaired) electrons. The molecule has 1 aliphatic rings. The average Bonchev–Trinajstić information content (AvgIpc) is 2.96. The molecule has 7 heteroatoms. The highest BCUT2D eigenvalue weighted by molar-refractivity contribution is 6.30. The molecule has 0 aliphatic carbocycles. The first-order valence-electron chi connectivity index (χ1n) is 7.98. The number of aromatic nitrogens is 1. The van der Waals surface area contributed by atoms with E-state index in [4.69, 9.17) is 16.1 Å². The smallest absolute Gasteiger partial charge is 0.321 e. The van der Waals surface area contributed by atoms with Gasteiger partial charge in [0.2, 0.25) is 0 Å². The number of nitrogens with zero attached hydrogens (tertiary/aromatic N) is 3. The largest absolute Gasteiger partial charge is 0.361 e. The molecule has 1 N–H and O–H groups in total. The highest BCUT2D eigenvalue weighted by Gasteiger charge is 2.22. The molecule has 24 heavy (non-hydrogen) atoms. The van der Waals surface area contributed by atoms with Gasteiger partial charge in [-0.25, -0.2) is 4.79 Å². The number of benzene rings is 1. The first-order chi connectivity index (χ1) is 11.5. The number of halogens is 1.